The number of alkyl halides is 18. The SMILES string of the molecule is [O-][N+]1(c2cccc(-c3c(C(F)(F)F)cc(C(F)(F)F)cc3C(F)(F)F)c2)c2ccccc2-c2c1ccc1c2-c2ccccc2[N+]1([O-])c1cccc(-c2c(C(F)(F)F)cc(C(F)(F)F)cc2C(F)(F)F)c1. The number of hydrogen-bond donors (Lipinski definition) is 0. The molecule has 2 heterocycles. The Morgan fingerprint density at radius 3 is 0.871 bits per heavy atom. The van der Waals surface area contributed by atoms with Crippen molar-refractivity contribution in [3.05, 3.63) is 177 Å². The van der Waals surface area contributed by atoms with Gasteiger partial charge in [-0.15, -0.1) is 0 Å². The molecule has 362 valence electrons. The van der Waals surface area contributed by atoms with Gasteiger partial charge in [0.1, 0.15) is 11.4 Å². The molecule has 0 bridgehead atoms. The number of hydrogen-bond acceptors (Lipinski definition) is 2. The Bertz CT molecular complexity index is 3010. The molecule has 7 aromatic carbocycles. The molecule has 0 aliphatic carbocycles. The second-order valence-corrected chi connectivity index (χ2v) is 16.1. The van der Waals surface area contributed by atoms with Gasteiger partial charge in [-0.3, -0.25) is 9.29 Å². The van der Waals surface area contributed by atoms with Crippen LogP contribution >= 0.6 is 0 Å². The van der Waals surface area contributed by atoms with Crippen LogP contribution in [0, 0.1) is 10.4 Å². The van der Waals surface area contributed by atoms with Crippen LogP contribution in [0.1, 0.15) is 33.4 Å². The van der Waals surface area contributed by atoms with Crippen LogP contribution in [0.25, 0.3) is 44.5 Å². The van der Waals surface area contributed by atoms with Crippen molar-refractivity contribution in [2.45, 2.75) is 37.1 Å². The minimum Gasteiger partial charge on any atom is -0.616 e. The summed E-state index contributed by atoms with van der Waals surface area (Å²) in [5.74, 6) is 0. The highest BCUT2D eigenvalue weighted by atomic mass is 19.4. The van der Waals surface area contributed by atoms with E-state index < -0.39 is 138 Å². The molecule has 70 heavy (non-hydrogen) atoms. The molecule has 0 saturated heterocycles. The Balaban J connectivity index is 1.27. The van der Waals surface area contributed by atoms with E-state index in [4.69, 9.17) is 0 Å². The summed E-state index contributed by atoms with van der Waals surface area (Å²) in [7, 11) is 0. The highest BCUT2D eigenvalue weighted by Gasteiger charge is 2.51. The van der Waals surface area contributed by atoms with Gasteiger partial charge in [-0.25, -0.2) is 0 Å². The maximum Gasteiger partial charge on any atom is 0.417 e. The first-order chi connectivity index (χ1) is 32.3. The van der Waals surface area contributed by atoms with Gasteiger partial charge >= 0.3 is 37.1 Å². The zero-order valence-corrected chi connectivity index (χ0v) is 34.2. The fourth-order valence-corrected chi connectivity index (χ4v) is 9.23. The second kappa shape index (κ2) is 15.3. The highest BCUT2D eigenvalue weighted by Crippen LogP contribution is 2.67. The molecule has 0 radical (unpaired) electrons. The Morgan fingerprint density at radius 1 is 0.286 bits per heavy atom. The molecule has 0 spiro atoms. The quantitative estimate of drug-likeness (QED) is 0.100. The van der Waals surface area contributed by atoms with E-state index in [0.29, 0.717) is 12.1 Å². The Hall–Kier alpha value is -6.88. The number of fused-ring (bicyclic) bond motifs is 7. The van der Waals surface area contributed by atoms with Crippen molar-refractivity contribution >= 4 is 34.1 Å². The van der Waals surface area contributed by atoms with E-state index in [1.807, 2.05) is 0 Å². The summed E-state index contributed by atoms with van der Waals surface area (Å²) < 4.78 is 253. The van der Waals surface area contributed by atoms with Crippen LogP contribution in [0.2, 0.25) is 0 Å². The lowest BCUT2D eigenvalue weighted by Gasteiger charge is -2.40. The molecule has 2 aliphatic heterocycles. The van der Waals surface area contributed by atoms with Crippen molar-refractivity contribution in [2.24, 2.45) is 0 Å². The minimum atomic E-state index is -5.81. The third-order valence-electron chi connectivity index (χ3n) is 12.0. The molecular formula is C48H22F18N2O2. The molecular weight excluding hydrogens is 979 g/mol. The van der Waals surface area contributed by atoms with Gasteiger partial charge in [-0.1, -0.05) is 48.5 Å². The van der Waals surface area contributed by atoms with E-state index >= 15 is 10.4 Å². The number of rotatable bonds is 4. The maximum absolute atomic E-state index is 15.7. The molecule has 2 atom stereocenters. The van der Waals surface area contributed by atoms with Crippen molar-refractivity contribution in [2.75, 3.05) is 0 Å². The number of halogens is 18. The van der Waals surface area contributed by atoms with Gasteiger partial charge in [0, 0.05) is 59.7 Å². The van der Waals surface area contributed by atoms with Crippen molar-refractivity contribution < 1.29 is 79.0 Å². The summed E-state index contributed by atoms with van der Waals surface area (Å²) in [4.78, 5) is 0. The summed E-state index contributed by atoms with van der Waals surface area (Å²) in [6, 6.07) is 17.5. The molecule has 9 rings (SSSR count). The number of para-hydroxylation sites is 2. The van der Waals surface area contributed by atoms with Gasteiger partial charge in [0.2, 0.25) is 0 Å². The molecule has 7 aromatic rings. The Morgan fingerprint density at radius 2 is 0.586 bits per heavy atom. The minimum absolute atomic E-state index is 0.0302. The maximum atomic E-state index is 15.7. The first-order valence-corrected chi connectivity index (χ1v) is 19.9. The molecule has 0 saturated carbocycles. The summed E-state index contributed by atoms with van der Waals surface area (Å²) in [6.45, 7) is 0. The van der Waals surface area contributed by atoms with Crippen LogP contribution in [0.15, 0.2) is 133 Å². The molecule has 22 heteroatoms. The fourth-order valence-electron chi connectivity index (χ4n) is 9.23. The number of quaternary nitrogens is 2. The molecule has 4 nitrogen and oxygen atoms in total. The van der Waals surface area contributed by atoms with E-state index in [1.165, 1.54) is 48.5 Å². The zero-order chi connectivity index (χ0) is 51.1. The summed E-state index contributed by atoms with van der Waals surface area (Å²) >= 11 is 0. The molecule has 2 aliphatic rings. The van der Waals surface area contributed by atoms with Crippen LogP contribution < -0.4 is 9.29 Å². The van der Waals surface area contributed by atoms with Gasteiger partial charge in [0.15, 0.2) is 22.7 Å². The molecule has 0 amide bonds. The largest absolute Gasteiger partial charge is 0.616 e. The van der Waals surface area contributed by atoms with Crippen LogP contribution in [-0.4, -0.2) is 0 Å². The Kier molecular flexibility index (Phi) is 10.5. The van der Waals surface area contributed by atoms with Crippen LogP contribution in [0.3, 0.4) is 0 Å². The summed E-state index contributed by atoms with van der Waals surface area (Å²) in [5.41, 5.74) is -21.5. The molecule has 0 aromatic heterocycles. The van der Waals surface area contributed by atoms with E-state index in [9.17, 15) is 79.0 Å². The van der Waals surface area contributed by atoms with Gasteiger partial charge in [-0.05, 0) is 47.5 Å². The molecule has 0 N–H and O–H groups in total. The second-order valence-electron chi connectivity index (χ2n) is 16.1. The highest BCUT2D eigenvalue weighted by molar-refractivity contribution is 6.13. The first kappa shape index (κ1) is 48.2. The smallest absolute Gasteiger partial charge is 0.417 e. The lowest BCUT2D eigenvalue weighted by atomic mass is 9.90. The number of nitrogens with zero attached hydrogens (tertiary/aromatic N) is 2. The predicted octanol–water partition coefficient (Wildman–Crippen LogP) is 18.0. The zero-order valence-electron chi connectivity index (χ0n) is 34.2. The molecule has 2 unspecified atom stereocenters. The average Bonchev–Trinajstić information content (AvgIpc) is 3.70. The summed E-state index contributed by atoms with van der Waals surface area (Å²) in [6.07, 6.45) is -34.5. The lowest BCUT2D eigenvalue weighted by molar-refractivity contribution is -0.150. The van der Waals surface area contributed by atoms with E-state index in [0.717, 1.165) is 48.5 Å². The van der Waals surface area contributed by atoms with Crippen LogP contribution in [-0.2, 0) is 37.1 Å². The van der Waals surface area contributed by atoms with E-state index in [1.54, 1.807) is 0 Å². The predicted molar refractivity (Wildman–Crippen MR) is 220 cm³/mol. The Labute approximate surface area is 380 Å². The van der Waals surface area contributed by atoms with Gasteiger partial charge in [-0.2, -0.15) is 79.0 Å². The topological polar surface area (TPSA) is 46.1 Å². The fraction of sp³-hybridized carbons (Fsp3) is 0.125. The average molecular weight is 1000 g/mol. The van der Waals surface area contributed by atoms with Crippen molar-refractivity contribution in [3.8, 4) is 44.5 Å². The standard InChI is InChI=1S/C48H22F18N2O2/c49-43(50,51)25-19-31(45(55,56)57)39(32(20-25)46(58,59)60)23-7-5-9-27(17-23)67(69)35-13-3-1-11-29(35)41-37(67)15-16-38-42(41)30-12-2-4-14-36(30)68(38,70)28-10-6-8-24(18-28)40-33(47(61,62)63)21-26(44(52,53)54)22-34(40)48(64,65)66/h1-22H. The summed E-state index contributed by atoms with van der Waals surface area (Å²) in [5, 5.41) is 31.5. The van der Waals surface area contributed by atoms with Crippen molar-refractivity contribution in [1.82, 2.24) is 9.29 Å². The monoisotopic (exact) mass is 1000 g/mol. The third-order valence-corrected chi connectivity index (χ3v) is 12.0. The van der Waals surface area contributed by atoms with Gasteiger partial charge < -0.3 is 10.4 Å². The first-order valence-electron chi connectivity index (χ1n) is 19.9. The van der Waals surface area contributed by atoms with E-state index in [2.05, 4.69) is 0 Å². The van der Waals surface area contributed by atoms with Crippen molar-refractivity contribution in [1.29, 1.82) is 0 Å². The number of benzene rings is 7. The van der Waals surface area contributed by atoms with Crippen molar-refractivity contribution in [3.63, 3.8) is 0 Å². The third kappa shape index (κ3) is 7.46. The van der Waals surface area contributed by atoms with Crippen LogP contribution in [0.5, 0.6) is 0 Å². The van der Waals surface area contributed by atoms with Gasteiger partial charge in [0.05, 0.1) is 55.6 Å². The van der Waals surface area contributed by atoms with E-state index in [-0.39, 0.29) is 45.0 Å². The normalized spacial score (nSPS) is 18.1. The van der Waals surface area contributed by atoms with Crippen LogP contribution in [0.4, 0.5) is 113 Å². The molecule has 0 fully saturated rings. The lowest BCUT2D eigenvalue weighted by Crippen LogP contribution is -2.30. The van der Waals surface area contributed by atoms with Gasteiger partial charge in [0.25, 0.3) is 0 Å².